The number of nitrogens with one attached hydrogen (secondary N) is 1. The van der Waals surface area contributed by atoms with E-state index in [4.69, 9.17) is 0 Å². The molecule has 3 rings (SSSR count). The second-order valence-electron chi connectivity index (χ2n) is 9.38. The van der Waals surface area contributed by atoms with Crippen LogP contribution < -0.4 is 9.62 Å². The number of carbonyl (C=O) groups excluding carboxylic acids is 2. The van der Waals surface area contributed by atoms with Crippen molar-refractivity contribution in [1.29, 1.82) is 0 Å². The number of nitrogens with zero attached hydrogens (tertiary/aromatic N) is 2. The van der Waals surface area contributed by atoms with Crippen molar-refractivity contribution in [2.75, 3.05) is 17.1 Å². The first-order valence-electron chi connectivity index (χ1n) is 11.8. The van der Waals surface area contributed by atoms with Crippen LogP contribution in [0.2, 0.25) is 0 Å². The summed E-state index contributed by atoms with van der Waals surface area (Å²) in [5.41, 5.74) is 3.18. The Hall–Kier alpha value is -2.39. The summed E-state index contributed by atoms with van der Waals surface area (Å²) in [5.74, 6) is -0.658. The van der Waals surface area contributed by atoms with E-state index < -0.39 is 28.5 Å². The van der Waals surface area contributed by atoms with Gasteiger partial charge < -0.3 is 10.2 Å². The summed E-state index contributed by atoms with van der Waals surface area (Å²) in [6.45, 7) is 5.33. The minimum absolute atomic E-state index is 0.124. The number of halogens is 1. The topological polar surface area (TPSA) is 86.8 Å². The van der Waals surface area contributed by atoms with Gasteiger partial charge in [0.15, 0.2) is 0 Å². The molecule has 0 radical (unpaired) electrons. The quantitative estimate of drug-likeness (QED) is 0.492. The lowest BCUT2D eigenvalue weighted by Crippen LogP contribution is -2.52. The molecule has 0 heterocycles. The number of rotatable bonds is 9. The van der Waals surface area contributed by atoms with Gasteiger partial charge in [-0.2, -0.15) is 0 Å². The number of anilines is 1. The van der Waals surface area contributed by atoms with Gasteiger partial charge in [-0.25, -0.2) is 8.42 Å². The largest absolute Gasteiger partial charge is 0.352 e. The number of sulfonamides is 1. The van der Waals surface area contributed by atoms with E-state index in [0.29, 0.717) is 5.69 Å². The second kappa shape index (κ2) is 11.6. The SMILES string of the molecule is Cc1cccc(CN(C(=O)CN(c2ccc(Br)c(C)c2)S(C)(=O)=O)[C@H](C)C(=O)NC2CCCC2)c1. The molecule has 0 unspecified atom stereocenters. The van der Waals surface area contributed by atoms with Crippen LogP contribution in [-0.2, 0) is 26.2 Å². The van der Waals surface area contributed by atoms with Crippen LogP contribution >= 0.6 is 15.9 Å². The van der Waals surface area contributed by atoms with Gasteiger partial charge in [0.05, 0.1) is 11.9 Å². The van der Waals surface area contributed by atoms with Gasteiger partial charge in [0.1, 0.15) is 12.6 Å². The molecule has 0 aliphatic heterocycles. The van der Waals surface area contributed by atoms with E-state index in [0.717, 1.165) is 57.4 Å². The van der Waals surface area contributed by atoms with E-state index >= 15 is 0 Å². The zero-order chi connectivity index (χ0) is 25.8. The Bertz CT molecular complexity index is 1180. The van der Waals surface area contributed by atoms with Gasteiger partial charge in [-0.05, 0) is 62.9 Å². The van der Waals surface area contributed by atoms with E-state index in [2.05, 4.69) is 21.2 Å². The molecule has 1 fully saturated rings. The average molecular weight is 565 g/mol. The summed E-state index contributed by atoms with van der Waals surface area (Å²) in [5, 5.41) is 3.07. The lowest BCUT2D eigenvalue weighted by atomic mass is 10.1. The van der Waals surface area contributed by atoms with Crippen molar-refractivity contribution in [3.63, 3.8) is 0 Å². The number of amides is 2. The fraction of sp³-hybridized carbons (Fsp3) is 0.462. The van der Waals surface area contributed by atoms with Crippen LogP contribution in [0.3, 0.4) is 0 Å². The molecule has 9 heteroatoms. The molecule has 2 aromatic rings. The molecule has 7 nitrogen and oxygen atoms in total. The van der Waals surface area contributed by atoms with Gasteiger partial charge >= 0.3 is 0 Å². The van der Waals surface area contributed by atoms with E-state index in [1.54, 1.807) is 25.1 Å². The Labute approximate surface area is 217 Å². The second-order valence-corrected chi connectivity index (χ2v) is 12.1. The van der Waals surface area contributed by atoms with Gasteiger partial charge in [-0.15, -0.1) is 0 Å². The molecule has 0 saturated heterocycles. The van der Waals surface area contributed by atoms with Crippen LogP contribution in [0.25, 0.3) is 0 Å². The lowest BCUT2D eigenvalue weighted by molar-refractivity contribution is -0.139. The van der Waals surface area contributed by atoms with Crippen molar-refractivity contribution < 1.29 is 18.0 Å². The molecule has 0 bridgehead atoms. The van der Waals surface area contributed by atoms with Crippen molar-refractivity contribution >= 4 is 43.5 Å². The van der Waals surface area contributed by atoms with Crippen molar-refractivity contribution in [2.45, 2.75) is 65.1 Å². The summed E-state index contributed by atoms with van der Waals surface area (Å²) in [7, 11) is -3.75. The number of hydrogen-bond donors (Lipinski definition) is 1. The van der Waals surface area contributed by atoms with Gasteiger partial charge in [0.25, 0.3) is 0 Å². The molecular formula is C26H34BrN3O4S. The highest BCUT2D eigenvalue weighted by atomic mass is 79.9. The van der Waals surface area contributed by atoms with Crippen LogP contribution in [0.1, 0.15) is 49.3 Å². The monoisotopic (exact) mass is 563 g/mol. The molecule has 1 N–H and O–H groups in total. The zero-order valence-electron chi connectivity index (χ0n) is 20.8. The summed E-state index contributed by atoms with van der Waals surface area (Å²) in [6, 6.07) is 12.3. The maximum Gasteiger partial charge on any atom is 0.244 e. The molecule has 1 aliphatic rings. The van der Waals surface area contributed by atoms with Crippen LogP contribution in [0, 0.1) is 13.8 Å². The fourth-order valence-electron chi connectivity index (χ4n) is 4.38. The summed E-state index contributed by atoms with van der Waals surface area (Å²) >= 11 is 3.43. The molecule has 1 saturated carbocycles. The number of hydrogen-bond acceptors (Lipinski definition) is 4. The highest BCUT2D eigenvalue weighted by Gasteiger charge is 2.31. The maximum absolute atomic E-state index is 13.6. The fourth-order valence-corrected chi connectivity index (χ4v) is 5.47. The molecular weight excluding hydrogens is 530 g/mol. The van der Waals surface area contributed by atoms with E-state index in [1.165, 1.54) is 4.90 Å². The van der Waals surface area contributed by atoms with Crippen LogP contribution in [-0.4, -0.2) is 50.0 Å². The standard InChI is InChI=1S/C26H34BrN3O4S/c1-18-8-7-9-21(14-18)16-29(20(3)26(32)28-22-10-5-6-11-22)25(31)17-30(35(4,33)34)23-12-13-24(27)19(2)15-23/h7-9,12-15,20,22H,5-6,10-11,16-17H2,1-4H3,(H,28,32)/t20-/m1/s1. The van der Waals surface area contributed by atoms with Gasteiger partial charge in [-0.3, -0.25) is 13.9 Å². The third-order valence-corrected chi connectivity index (χ3v) is 8.44. The van der Waals surface area contributed by atoms with E-state index in [-0.39, 0.29) is 18.5 Å². The summed E-state index contributed by atoms with van der Waals surface area (Å²) < 4.78 is 27.3. The van der Waals surface area contributed by atoms with Gasteiger partial charge in [-0.1, -0.05) is 58.6 Å². The summed E-state index contributed by atoms with van der Waals surface area (Å²) in [6.07, 6.45) is 5.13. The van der Waals surface area contributed by atoms with Crippen molar-refractivity contribution in [2.24, 2.45) is 0 Å². The number of benzene rings is 2. The minimum Gasteiger partial charge on any atom is -0.352 e. The van der Waals surface area contributed by atoms with Crippen molar-refractivity contribution in [3.8, 4) is 0 Å². The Morgan fingerprint density at radius 1 is 1.11 bits per heavy atom. The number of aryl methyl sites for hydroxylation is 2. The normalized spacial score (nSPS) is 15.0. The van der Waals surface area contributed by atoms with E-state index in [9.17, 15) is 18.0 Å². The number of carbonyl (C=O) groups is 2. The maximum atomic E-state index is 13.6. The Morgan fingerprint density at radius 3 is 2.40 bits per heavy atom. The Morgan fingerprint density at radius 2 is 1.80 bits per heavy atom. The molecule has 2 aromatic carbocycles. The third kappa shape index (κ3) is 7.30. The molecule has 0 aromatic heterocycles. The Kier molecular flexibility index (Phi) is 8.99. The highest BCUT2D eigenvalue weighted by Crippen LogP contribution is 2.25. The Balaban J connectivity index is 1.89. The van der Waals surface area contributed by atoms with Gasteiger partial charge in [0, 0.05) is 17.1 Å². The first-order chi connectivity index (χ1) is 16.5. The zero-order valence-corrected chi connectivity index (χ0v) is 23.2. The van der Waals surface area contributed by atoms with Crippen molar-refractivity contribution in [3.05, 3.63) is 63.6 Å². The van der Waals surface area contributed by atoms with Crippen LogP contribution in [0.15, 0.2) is 46.9 Å². The smallest absolute Gasteiger partial charge is 0.244 e. The first-order valence-corrected chi connectivity index (χ1v) is 14.5. The minimum atomic E-state index is -3.75. The van der Waals surface area contributed by atoms with Crippen LogP contribution in [0.5, 0.6) is 0 Å². The predicted molar refractivity (Wildman–Crippen MR) is 143 cm³/mol. The third-order valence-electron chi connectivity index (χ3n) is 6.41. The molecule has 2 amide bonds. The molecule has 0 spiro atoms. The highest BCUT2D eigenvalue weighted by molar-refractivity contribution is 9.10. The van der Waals surface area contributed by atoms with Crippen LogP contribution in [0.4, 0.5) is 5.69 Å². The molecule has 35 heavy (non-hydrogen) atoms. The molecule has 1 atom stereocenters. The van der Waals surface area contributed by atoms with Crippen molar-refractivity contribution in [1.82, 2.24) is 10.2 Å². The predicted octanol–water partition coefficient (Wildman–Crippen LogP) is 4.31. The molecule has 190 valence electrons. The average Bonchev–Trinajstić information content (AvgIpc) is 3.29. The van der Waals surface area contributed by atoms with Gasteiger partial charge in [0.2, 0.25) is 21.8 Å². The first kappa shape index (κ1) is 27.2. The summed E-state index contributed by atoms with van der Waals surface area (Å²) in [4.78, 5) is 28.2. The van der Waals surface area contributed by atoms with E-state index in [1.807, 2.05) is 38.1 Å². The molecule has 1 aliphatic carbocycles. The lowest BCUT2D eigenvalue weighted by Gasteiger charge is -2.32.